The van der Waals surface area contributed by atoms with Gasteiger partial charge in [0.2, 0.25) is 5.91 Å². The number of hydrogen-bond donors (Lipinski definition) is 1. The van der Waals surface area contributed by atoms with Crippen molar-refractivity contribution in [2.45, 2.75) is 20.3 Å². The van der Waals surface area contributed by atoms with Gasteiger partial charge in [-0.2, -0.15) is 5.10 Å². The van der Waals surface area contributed by atoms with Crippen molar-refractivity contribution in [1.82, 2.24) is 15.1 Å². The highest BCUT2D eigenvalue weighted by atomic mass is 16.5. The molecule has 2 aromatic carbocycles. The lowest BCUT2D eigenvalue weighted by molar-refractivity contribution is -0.116. The van der Waals surface area contributed by atoms with Crippen molar-refractivity contribution in [3.05, 3.63) is 78.1 Å². The second kappa shape index (κ2) is 11.0. The highest BCUT2D eigenvalue weighted by Crippen LogP contribution is 2.29. The number of amides is 1. The molecule has 6 nitrogen and oxygen atoms in total. The van der Waals surface area contributed by atoms with Crippen LogP contribution in [0.3, 0.4) is 0 Å². The van der Waals surface area contributed by atoms with Crippen LogP contribution in [-0.2, 0) is 11.2 Å². The lowest BCUT2D eigenvalue weighted by atomic mass is 10.2. The monoisotopic (exact) mass is 419 g/mol. The predicted molar refractivity (Wildman–Crippen MR) is 123 cm³/mol. The zero-order valence-corrected chi connectivity index (χ0v) is 18.2. The van der Waals surface area contributed by atoms with Crippen molar-refractivity contribution >= 4 is 12.0 Å². The fraction of sp³-hybridized carbons (Fsp3) is 0.280. The van der Waals surface area contributed by atoms with Gasteiger partial charge in [-0.05, 0) is 53.8 Å². The maximum atomic E-state index is 12.2. The van der Waals surface area contributed by atoms with Crippen LogP contribution in [0.5, 0.6) is 11.5 Å². The molecule has 0 spiro atoms. The Morgan fingerprint density at radius 1 is 1.16 bits per heavy atom. The molecule has 0 aliphatic rings. The summed E-state index contributed by atoms with van der Waals surface area (Å²) in [6, 6.07) is 15.6. The molecule has 6 heteroatoms. The van der Waals surface area contributed by atoms with E-state index in [0.717, 1.165) is 16.8 Å². The maximum Gasteiger partial charge on any atom is 0.244 e. The molecule has 0 radical (unpaired) electrons. The normalized spacial score (nSPS) is 11.1. The summed E-state index contributed by atoms with van der Waals surface area (Å²) < 4.78 is 13.0. The van der Waals surface area contributed by atoms with E-state index in [-0.39, 0.29) is 5.91 Å². The molecule has 0 bridgehead atoms. The summed E-state index contributed by atoms with van der Waals surface area (Å²) in [4.78, 5) is 12.2. The first kappa shape index (κ1) is 22.2. The Bertz CT molecular complexity index is 1010. The summed E-state index contributed by atoms with van der Waals surface area (Å²) in [7, 11) is 1.61. The molecule has 162 valence electrons. The van der Waals surface area contributed by atoms with Crippen LogP contribution in [0, 0.1) is 5.92 Å². The van der Waals surface area contributed by atoms with Crippen molar-refractivity contribution < 1.29 is 14.3 Å². The fourth-order valence-corrected chi connectivity index (χ4v) is 2.94. The highest BCUT2D eigenvalue weighted by molar-refractivity contribution is 5.91. The van der Waals surface area contributed by atoms with Crippen LogP contribution >= 0.6 is 0 Å². The summed E-state index contributed by atoms with van der Waals surface area (Å²) >= 11 is 0. The quantitative estimate of drug-likeness (QED) is 0.498. The number of rotatable bonds is 10. The molecule has 0 aliphatic heterocycles. The van der Waals surface area contributed by atoms with Gasteiger partial charge in [-0.1, -0.05) is 38.1 Å². The van der Waals surface area contributed by atoms with Crippen LogP contribution < -0.4 is 14.8 Å². The Kier molecular flexibility index (Phi) is 7.87. The summed E-state index contributed by atoms with van der Waals surface area (Å²) in [6.07, 6.45) is 7.80. The number of methoxy groups -OCH3 is 1. The number of benzene rings is 2. The van der Waals surface area contributed by atoms with Crippen LogP contribution in [0.25, 0.3) is 11.8 Å². The molecule has 1 aromatic heterocycles. The van der Waals surface area contributed by atoms with Crippen molar-refractivity contribution in [2.75, 3.05) is 20.3 Å². The summed E-state index contributed by atoms with van der Waals surface area (Å²) in [5, 5.41) is 7.28. The van der Waals surface area contributed by atoms with E-state index in [0.29, 0.717) is 37.0 Å². The van der Waals surface area contributed by atoms with Gasteiger partial charge in [-0.25, -0.2) is 4.68 Å². The third-order valence-corrected chi connectivity index (χ3v) is 4.56. The molecular formula is C25H29N3O3. The van der Waals surface area contributed by atoms with Crippen LogP contribution in [0.2, 0.25) is 0 Å². The standard InChI is InChI=1S/C25H29N3O3/c1-19(2)18-31-23-11-9-20(15-24(23)30-3)10-12-25(29)26-14-13-21-16-27-28(17-21)22-7-5-4-6-8-22/h4-12,15-17,19H,13-14,18H2,1-3H3,(H,26,29)/b12-10+. The second-order valence-electron chi connectivity index (χ2n) is 7.62. The third-order valence-electron chi connectivity index (χ3n) is 4.56. The number of para-hydroxylation sites is 1. The molecule has 0 aliphatic carbocycles. The van der Waals surface area contributed by atoms with Gasteiger partial charge in [0.05, 0.1) is 25.6 Å². The Morgan fingerprint density at radius 2 is 1.97 bits per heavy atom. The van der Waals surface area contributed by atoms with Crippen LogP contribution in [0.4, 0.5) is 0 Å². The Hall–Kier alpha value is -3.54. The van der Waals surface area contributed by atoms with Gasteiger partial charge in [0, 0.05) is 18.8 Å². The van der Waals surface area contributed by atoms with E-state index in [1.165, 1.54) is 6.08 Å². The summed E-state index contributed by atoms with van der Waals surface area (Å²) in [5.41, 5.74) is 2.94. The SMILES string of the molecule is COc1cc(/C=C/C(=O)NCCc2cnn(-c3ccccc3)c2)ccc1OCC(C)C. The zero-order valence-electron chi connectivity index (χ0n) is 18.2. The second-order valence-corrected chi connectivity index (χ2v) is 7.62. The first-order valence-electron chi connectivity index (χ1n) is 10.4. The van der Waals surface area contributed by atoms with Crippen molar-refractivity contribution in [3.63, 3.8) is 0 Å². The molecule has 0 fully saturated rings. The first-order chi connectivity index (χ1) is 15.0. The molecule has 1 amide bonds. The van der Waals surface area contributed by atoms with E-state index >= 15 is 0 Å². The minimum absolute atomic E-state index is 0.144. The molecular weight excluding hydrogens is 390 g/mol. The fourth-order valence-electron chi connectivity index (χ4n) is 2.94. The lowest BCUT2D eigenvalue weighted by Crippen LogP contribution is -2.23. The smallest absolute Gasteiger partial charge is 0.244 e. The van der Waals surface area contributed by atoms with E-state index in [2.05, 4.69) is 24.3 Å². The number of carbonyl (C=O) groups is 1. The van der Waals surface area contributed by atoms with Crippen LogP contribution in [0.1, 0.15) is 25.0 Å². The molecule has 0 saturated carbocycles. The maximum absolute atomic E-state index is 12.2. The van der Waals surface area contributed by atoms with Crippen LogP contribution in [0.15, 0.2) is 67.0 Å². The van der Waals surface area contributed by atoms with Crippen molar-refractivity contribution in [1.29, 1.82) is 0 Å². The predicted octanol–water partition coefficient (Wildman–Crippen LogP) is 4.29. The largest absolute Gasteiger partial charge is 0.493 e. The topological polar surface area (TPSA) is 65.4 Å². The van der Waals surface area contributed by atoms with Gasteiger partial charge in [0.25, 0.3) is 0 Å². The molecule has 1 heterocycles. The number of hydrogen-bond acceptors (Lipinski definition) is 4. The zero-order chi connectivity index (χ0) is 22.1. The number of ether oxygens (including phenoxy) is 2. The molecule has 0 atom stereocenters. The molecule has 0 saturated heterocycles. The summed E-state index contributed by atoms with van der Waals surface area (Å²) in [6.45, 7) is 5.35. The van der Waals surface area contributed by atoms with Crippen molar-refractivity contribution in [2.24, 2.45) is 5.92 Å². The Morgan fingerprint density at radius 3 is 2.71 bits per heavy atom. The lowest BCUT2D eigenvalue weighted by Gasteiger charge is -2.12. The minimum Gasteiger partial charge on any atom is -0.493 e. The molecule has 3 rings (SSSR count). The Labute approximate surface area is 183 Å². The van der Waals surface area contributed by atoms with Crippen LogP contribution in [-0.4, -0.2) is 35.9 Å². The number of carbonyl (C=O) groups excluding carboxylic acids is 1. The average Bonchev–Trinajstić information content (AvgIpc) is 3.26. The van der Waals surface area contributed by atoms with Gasteiger partial charge < -0.3 is 14.8 Å². The minimum atomic E-state index is -0.144. The van der Waals surface area contributed by atoms with Gasteiger partial charge in [0.1, 0.15) is 0 Å². The van der Waals surface area contributed by atoms with Gasteiger partial charge in [-0.3, -0.25) is 4.79 Å². The van der Waals surface area contributed by atoms with Crippen molar-refractivity contribution in [3.8, 4) is 17.2 Å². The molecule has 1 N–H and O–H groups in total. The van der Waals surface area contributed by atoms with E-state index in [1.54, 1.807) is 13.2 Å². The van der Waals surface area contributed by atoms with E-state index < -0.39 is 0 Å². The van der Waals surface area contributed by atoms with Gasteiger partial charge >= 0.3 is 0 Å². The number of aromatic nitrogens is 2. The highest BCUT2D eigenvalue weighted by Gasteiger charge is 2.06. The molecule has 31 heavy (non-hydrogen) atoms. The first-order valence-corrected chi connectivity index (χ1v) is 10.4. The molecule has 3 aromatic rings. The van der Waals surface area contributed by atoms with Gasteiger partial charge in [-0.15, -0.1) is 0 Å². The number of nitrogens with zero attached hydrogens (tertiary/aromatic N) is 2. The van der Waals surface area contributed by atoms with Gasteiger partial charge in [0.15, 0.2) is 11.5 Å². The van der Waals surface area contributed by atoms with E-state index in [4.69, 9.17) is 9.47 Å². The Balaban J connectivity index is 1.49. The third kappa shape index (κ3) is 6.74. The van der Waals surface area contributed by atoms with E-state index in [1.807, 2.05) is 65.6 Å². The van der Waals surface area contributed by atoms with E-state index in [9.17, 15) is 4.79 Å². The molecule has 0 unspecified atom stereocenters. The summed E-state index contributed by atoms with van der Waals surface area (Å²) in [5.74, 6) is 1.64. The number of nitrogens with one attached hydrogen (secondary N) is 1. The average molecular weight is 420 g/mol.